The number of amides is 3. The second kappa shape index (κ2) is 7.82. The van der Waals surface area contributed by atoms with E-state index in [1.807, 2.05) is 25.1 Å². The van der Waals surface area contributed by atoms with E-state index in [-0.39, 0.29) is 30.4 Å². The Bertz CT molecular complexity index is 564. The maximum absolute atomic E-state index is 12.2. The average Bonchev–Trinajstić information content (AvgIpc) is 2.87. The number of nitrogens with one attached hydrogen (secondary N) is 2. The Labute approximate surface area is 135 Å². The third-order valence-corrected chi connectivity index (χ3v) is 3.62. The van der Waals surface area contributed by atoms with Crippen molar-refractivity contribution in [3.05, 3.63) is 24.3 Å². The number of methoxy groups -OCH3 is 2. The molecule has 0 radical (unpaired) electrons. The van der Waals surface area contributed by atoms with Crippen molar-refractivity contribution >= 4 is 17.6 Å². The number of benzene rings is 1. The molecule has 2 N–H and O–H groups in total. The molecule has 1 aliphatic rings. The summed E-state index contributed by atoms with van der Waals surface area (Å²) >= 11 is 0. The summed E-state index contributed by atoms with van der Waals surface area (Å²) in [6.07, 6.45) is 0.281. The first kappa shape index (κ1) is 17.1. The Balaban J connectivity index is 1.93. The third-order valence-electron chi connectivity index (χ3n) is 3.62. The van der Waals surface area contributed by atoms with Crippen LogP contribution in [-0.4, -0.2) is 51.4 Å². The van der Waals surface area contributed by atoms with Gasteiger partial charge in [-0.05, 0) is 19.1 Å². The summed E-state index contributed by atoms with van der Waals surface area (Å²) in [6.45, 7) is 2.73. The van der Waals surface area contributed by atoms with E-state index in [0.29, 0.717) is 18.9 Å². The van der Waals surface area contributed by atoms with Gasteiger partial charge in [0.15, 0.2) is 0 Å². The van der Waals surface area contributed by atoms with E-state index >= 15 is 0 Å². The van der Waals surface area contributed by atoms with E-state index in [1.54, 1.807) is 25.2 Å². The van der Waals surface area contributed by atoms with Gasteiger partial charge in [0, 0.05) is 31.8 Å². The van der Waals surface area contributed by atoms with Crippen LogP contribution in [0.3, 0.4) is 0 Å². The van der Waals surface area contributed by atoms with Crippen molar-refractivity contribution < 1.29 is 19.1 Å². The minimum Gasteiger partial charge on any atom is -0.497 e. The number of carbonyl (C=O) groups excluding carboxylic acids is 2. The van der Waals surface area contributed by atoms with Crippen molar-refractivity contribution in [1.82, 2.24) is 10.6 Å². The largest absolute Gasteiger partial charge is 0.497 e. The molecule has 3 amide bonds. The average molecular weight is 321 g/mol. The molecule has 0 spiro atoms. The minimum atomic E-state index is -0.292. The molecule has 7 nitrogen and oxygen atoms in total. The van der Waals surface area contributed by atoms with E-state index in [1.165, 1.54) is 0 Å². The van der Waals surface area contributed by atoms with Crippen LogP contribution in [0.1, 0.15) is 13.3 Å². The van der Waals surface area contributed by atoms with Gasteiger partial charge in [-0.2, -0.15) is 0 Å². The van der Waals surface area contributed by atoms with Gasteiger partial charge in [-0.25, -0.2) is 4.79 Å². The van der Waals surface area contributed by atoms with Crippen LogP contribution in [0.5, 0.6) is 5.75 Å². The fourth-order valence-electron chi connectivity index (χ4n) is 2.57. The van der Waals surface area contributed by atoms with Crippen LogP contribution in [0.25, 0.3) is 0 Å². The van der Waals surface area contributed by atoms with Crippen LogP contribution in [-0.2, 0) is 9.53 Å². The fraction of sp³-hybridized carbons (Fsp3) is 0.500. The number of carbonyl (C=O) groups is 2. The Morgan fingerprint density at radius 2 is 2.22 bits per heavy atom. The molecule has 0 bridgehead atoms. The van der Waals surface area contributed by atoms with E-state index < -0.39 is 0 Å². The Kier molecular flexibility index (Phi) is 5.81. The van der Waals surface area contributed by atoms with Gasteiger partial charge in [0.1, 0.15) is 5.75 Å². The molecule has 0 saturated carbocycles. The number of rotatable bonds is 6. The van der Waals surface area contributed by atoms with Crippen molar-refractivity contribution in [3.8, 4) is 5.75 Å². The van der Waals surface area contributed by atoms with Crippen LogP contribution in [0.2, 0.25) is 0 Å². The van der Waals surface area contributed by atoms with E-state index in [4.69, 9.17) is 9.47 Å². The van der Waals surface area contributed by atoms with Crippen LogP contribution in [0, 0.1) is 0 Å². The maximum atomic E-state index is 12.2. The molecular weight excluding hydrogens is 298 g/mol. The van der Waals surface area contributed by atoms with Gasteiger partial charge in [-0.1, -0.05) is 6.07 Å². The van der Waals surface area contributed by atoms with Gasteiger partial charge in [-0.3, -0.25) is 4.79 Å². The molecule has 7 heteroatoms. The molecule has 0 unspecified atom stereocenters. The quantitative estimate of drug-likeness (QED) is 0.823. The SMILES string of the molecule is COC[C@H](C)NC(=O)N[C@H]1CC(=O)N(c2cccc(OC)c2)C1. The number of hydrogen-bond acceptors (Lipinski definition) is 4. The maximum Gasteiger partial charge on any atom is 0.315 e. The van der Waals surface area contributed by atoms with Crippen LogP contribution in [0.15, 0.2) is 24.3 Å². The zero-order chi connectivity index (χ0) is 16.8. The summed E-state index contributed by atoms with van der Waals surface area (Å²) in [5.41, 5.74) is 0.770. The van der Waals surface area contributed by atoms with Gasteiger partial charge >= 0.3 is 6.03 Å². The molecule has 1 aromatic carbocycles. The highest BCUT2D eigenvalue weighted by Gasteiger charge is 2.31. The minimum absolute atomic E-state index is 0.0199. The molecular formula is C16H23N3O4. The van der Waals surface area contributed by atoms with Crippen molar-refractivity contribution in [2.24, 2.45) is 0 Å². The van der Waals surface area contributed by atoms with Gasteiger partial charge in [-0.15, -0.1) is 0 Å². The fourth-order valence-corrected chi connectivity index (χ4v) is 2.57. The third kappa shape index (κ3) is 4.59. The van der Waals surface area contributed by atoms with E-state index in [0.717, 1.165) is 5.69 Å². The molecule has 0 aliphatic carbocycles. The van der Waals surface area contributed by atoms with Gasteiger partial charge in [0.05, 0.1) is 25.8 Å². The Hall–Kier alpha value is -2.28. The molecule has 1 fully saturated rings. The zero-order valence-electron chi connectivity index (χ0n) is 13.7. The highest BCUT2D eigenvalue weighted by molar-refractivity contribution is 5.97. The molecule has 1 aliphatic heterocycles. The number of hydrogen-bond donors (Lipinski definition) is 2. The summed E-state index contributed by atoms with van der Waals surface area (Å²) in [5, 5.41) is 5.60. The van der Waals surface area contributed by atoms with Crippen LogP contribution < -0.4 is 20.3 Å². The normalized spacial score (nSPS) is 18.7. The van der Waals surface area contributed by atoms with Gasteiger partial charge < -0.3 is 25.0 Å². The summed E-state index contributed by atoms with van der Waals surface area (Å²) < 4.78 is 10.1. The lowest BCUT2D eigenvalue weighted by Gasteiger charge is -2.19. The van der Waals surface area contributed by atoms with Crippen molar-refractivity contribution in [2.45, 2.75) is 25.4 Å². The molecule has 2 atom stereocenters. The smallest absolute Gasteiger partial charge is 0.315 e. The zero-order valence-corrected chi connectivity index (χ0v) is 13.7. The standard InChI is InChI=1S/C16H23N3O4/c1-11(10-22-2)17-16(21)18-12-7-15(20)19(9-12)13-5-4-6-14(8-13)23-3/h4-6,8,11-12H,7,9-10H2,1-3H3,(H2,17,18,21)/t11-,12-/m0/s1. The summed E-state index contributed by atoms with van der Waals surface area (Å²) in [5.74, 6) is 0.673. The first-order chi connectivity index (χ1) is 11.0. The lowest BCUT2D eigenvalue weighted by Crippen LogP contribution is -2.47. The second-order valence-electron chi connectivity index (χ2n) is 5.58. The molecule has 2 rings (SSSR count). The molecule has 126 valence electrons. The van der Waals surface area contributed by atoms with Crippen molar-refractivity contribution in [1.29, 1.82) is 0 Å². The van der Waals surface area contributed by atoms with Gasteiger partial charge in [0.2, 0.25) is 5.91 Å². The Morgan fingerprint density at radius 1 is 1.43 bits per heavy atom. The van der Waals surface area contributed by atoms with Crippen LogP contribution in [0.4, 0.5) is 10.5 Å². The molecule has 0 aromatic heterocycles. The topological polar surface area (TPSA) is 79.9 Å². The summed E-state index contributed by atoms with van der Waals surface area (Å²) in [4.78, 5) is 25.8. The van der Waals surface area contributed by atoms with Gasteiger partial charge in [0.25, 0.3) is 0 Å². The molecule has 1 saturated heterocycles. The highest BCUT2D eigenvalue weighted by Crippen LogP contribution is 2.25. The van der Waals surface area contributed by atoms with Crippen LogP contribution >= 0.6 is 0 Å². The number of ether oxygens (including phenoxy) is 2. The van der Waals surface area contributed by atoms with Crippen molar-refractivity contribution in [2.75, 3.05) is 32.3 Å². The number of nitrogens with zero attached hydrogens (tertiary/aromatic N) is 1. The monoisotopic (exact) mass is 321 g/mol. The Morgan fingerprint density at radius 3 is 2.91 bits per heavy atom. The number of anilines is 1. The van der Waals surface area contributed by atoms with E-state index in [9.17, 15) is 9.59 Å². The predicted molar refractivity (Wildman–Crippen MR) is 86.8 cm³/mol. The second-order valence-corrected chi connectivity index (χ2v) is 5.58. The van der Waals surface area contributed by atoms with Crippen molar-refractivity contribution in [3.63, 3.8) is 0 Å². The summed E-state index contributed by atoms with van der Waals surface area (Å²) in [7, 11) is 3.17. The molecule has 1 heterocycles. The summed E-state index contributed by atoms with van der Waals surface area (Å²) in [6, 6.07) is 6.71. The first-order valence-electron chi connectivity index (χ1n) is 7.54. The molecule has 23 heavy (non-hydrogen) atoms. The lowest BCUT2D eigenvalue weighted by atomic mass is 10.2. The number of urea groups is 1. The first-order valence-corrected chi connectivity index (χ1v) is 7.54. The molecule has 1 aromatic rings. The lowest BCUT2D eigenvalue weighted by molar-refractivity contribution is -0.117. The van der Waals surface area contributed by atoms with E-state index in [2.05, 4.69) is 10.6 Å². The highest BCUT2D eigenvalue weighted by atomic mass is 16.5. The predicted octanol–water partition coefficient (Wildman–Crippen LogP) is 1.13.